The normalized spacial score (nSPS) is 12.0. The van der Waals surface area contributed by atoms with Crippen LogP contribution in [0.2, 0.25) is 18.1 Å². The average molecular weight is 373 g/mol. The Balaban J connectivity index is 2.12. The van der Waals surface area contributed by atoms with Gasteiger partial charge in [-0.1, -0.05) is 57.2 Å². The molecule has 0 saturated carbocycles. The molecule has 0 atom stereocenters. The van der Waals surface area contributed by atoms with Crippen LogP contribution in [0.1, 0.15) is 42.3 Å². The Hall–Kier alpha value is -2.11. The minimum atomic E-state index is -1.94. The number of ether oxygens (including phenoxy) is 1. The summed E-state index contributed by atoms with van der Waals surface area (Å²) in [6, 6.07) is 15.0. The quantitative estimate of drug-likeness (QED) is 0.653. The maximum absolute atomic E-state index is 11.7. The Labute approximate surface area is 156 Å². The van der Waals surface area contributed by atoms with E-state index in [1.54, 1.807) is 18.2 Å². The van der Waals surface area contributed by atoms with Gasteiger partial charge in [0.05, 0.1) is 12.2 Å². The lowest BCUT2D eigenvalue weighted by Gasteiger charge is -2.36. The lowest BCUT2D eigenvalue weighted by Crippen LogP contribution is -2.40. The molecule has 0 aliphatic rings. The van der Waals surface area contributed by atoms with Crippen molar-refractivity contribution in [1.82, 2.24) is 0 Å². The van der Waals surface area contributed by atoms with Crippen LogP contribution in [0.4, 0.5) is 0 Å². The first-order valence-electron chi connectivity index (χ1n) is 8.77. The summed E-state index contributed by atoms with van der Waals surface area (Å²) < 4.78 is 11.9. The van der Waals surface area contributed by atoms with Gasteiger partial charge >= 0.3 is 5.97 Å². The van der Waals surface area contributed by atoms with Gasteiger partial charge in [0.25, 0.3) is 0 Å². The predicted octanol–water partition coefficient (Wildman–Crippen LogP) is 5.49. The number of hydrogen-bond acceptors (Lipinski definition) is 3. The molecule has 0 aliphatic carbocycles. The molecule has 2 aromatic rings. The van der Waals surface area contributed by atoms with Crippen molar-refractivity contribution in [3.8, 4) is 5.75 Å². The molecule has 0 unspecified atom stereocenters. The molecule has 2 aromatic carbocycles. The maximum Gasteiger partial charge on any atom is 0.336 e. The fourth-order valence-electron chi connectivity index (χ4n) is 2.19. The van der Waals surface area contributed by atoms with Crippen LogP contribution in [0.3, 0.4) is 0 Å². The predicted molar refractivity (Wildman–Crippen MR) is 106 cm³/mol. The van der Waals surface area contributed by atoms with E-state index in [1.165, 1.54) is 0 Å². The molecule has 5 heteroatoms. The Kier molecular flexibility index (Phi) is 6.26. The summed E-state index contributed by atoms with van der Waals surface area (Å²) in [5, 5.41) is 9.64. The van der Waals surface area contributed by atoms with Gasteiger partial charge < -0.3 is 14.3 Å². The molecule has 0 amide bonds. The molecule has 0 bridgehead atoms. The Morgan fingerprint density at radius 3 is 2.27 bits per heavy atom. The number of aromatic carboxylic acids is 1. The van der Waals surface area contributed by atoms with E-state index in [4.69, 9.17) is 9.16 Å². The van der Waals surface area contributed by atoms with Crippen LogP contribution in [0.5, 0.6) is 5.75 Å². The highest BCUT2D eigenvalue weighted by Gasteiger charge is 2.37. The molecule has 0 spiro atoms. The third kappa shape index (κ3) is 5.19. The second kappa shape index (κ2) is 8.06. The fraction of sp³-hybridized carbons (Fsp3) is 0.381. The third-order valence-corrected chi connectivity index (χ3v) is 9.43. The summed E-state index contributed by atoms with van der Waals surface area (Å²) in [6.45, 7) is 11.5. The third-order valence-electron chi connectivity index (χ3n) is 4.95. The number of carbonyl (C=O) groups is 1. The number of hydrogen-bond donors (Lipinski definition) is 1. The van der Waals surface area contributed by atoms with Gasteiger partial charge in [0.1, 0.15) is 12.4 Å². The van der Waals surface area contributed by atoms with E-state index in [9.17, 15) is 9.90 Å². The second-order valence-corrected chi connectivity index (χ2v) is 12.8. The van der Waals surface area contributed by atoms with E-state index < -0.39 is 14.3 Å². The van der Waals surface area contributed by atoms with Crippen LogP contribution in [0.15, 0.2) is 48.5 Å². The smallest absolute Gasteiger partial charge is 0.336 e. The lowest BCUT2D eigenvalue weighted by molar-refractivity contribution is 0.0693. The highest BCUT2D eigenvalue weighted by Crippen LogP contribution is 2.37. The molecule has 2 rings (SSSR count). The molecule has 26 heavy (non-hydrogen) atoms. The fourth-order valence-corrected chi connectivity index (χ4v) is 3.14. The number of rotatable bonds is 7. The molecule has 0 aliphatic heterocycles. The number of carboxylic acid groups (broad SMARTS) is 1. The summed E-state index contributed by atoms with van der Waals surface area (Å²) in [6.07, 6.45) is 0. The van der Waals surface area contributed by atoms with Crippen LogP contribution >= 0.6 is 0 Å². The van der Waals surface area contributed by atoms with Crippen molar-refractivity contribution in [3.63, 3.8) is 0 Å². The molecule has 1 N–H and O–H groups in total. The SMILES string of the molecule is CC(C)(C)[Si](C)(C)OCc1ccc(OCc2ccccc2)cc1C(=O)O. The second-order valence-electron chi connectivity index (χ2n) is 7.95. The van der Waals surface area contributed by atoms with E-state index in [-0.39, 0.29) is 10.6 Å². The van der Waals surface area contributed by atoms with Crippen LogP contribution in [0, 0.1) is 0 Å². The van der Waals surface area contributed by atoms with E-state index >= 15 is 0 Å². The van der Waals surface area contributed by atoms with E-state index in [1.807, 2.05) is 30.3 Å². The molecule has 140 valence electrons. The van der Waals surface area contributed by atoms with Gasteiger partial charge in [-0.25, -0.2) is 4.79 Å². The molecule has 4 nitrogen and oxygen atoms in total. The van der Waals surface area contributed by atoms with E-state index in [0.717, 1.165) is 5.56 Å². The van der Waals surface area contributed by atoms with Crippen molar-refractivity contribution in [2.24, 2.45) is 0 Å². The topological polar surface area (TPSA) is 55.8 Å². The molecule has 0 aromatic heterocycles. The van der Waals surface area contributed by atoms with Gasteiger partial charge in [0, 0.05) is 0 Å². The lowest BCUT2D eigenvalue weighted by atomic mass is 10.1. The Bertz CT molecular complexity index is 748. The van der Waals surface area contributed by atoms with Crippen molar-refractivity contribution < 1.29 is 19.1 Å². The summed E-state index contributed by atoms with van der Waals surface area (Å²) in [5.74, 6) is -0.425. The van der Waals surface area contributed by atoms with Crippen molar-refractivity contribution >= 4 is 14.3 Å². The first-order chi connectivity index (χ1) is 12.1. The zero-order chi connectivity index (χ0) is 19.4. The van der Waals surface area contributed by atoms with Crippen LogP contribution < -0.4 is 4.74 Å². The molecule has 0 saturated heterocycles. The van der Waals surface area contributed by atoms with Gasteiger partial charge in [-0.05, 0) is 41.4 Å². The van der Waals surface area contributed by atoms with Crippen molar-refractivity contribution in [3.05, 3.63) is 65.2 Å². The minimum Gasteiger partial charge on any atom is -0.489 e. The zero-order valence-corrected chi connectivity index (χ0v) is 17.2. The standard InChI is InChI=1S/C21H28O4Si/c1-21(2,3)26(4,5)25-15-17-11-12-18(13-19(17)20(22)23)24-14-16-9-7-6-8-10-16/h6-13H,14-15H2,1-5H3,(H,22,23). The Morgan fingerprint density at radius 1 is 1.04 bits per heavy atom. The van der Waals surface area contributed by atoms with E-state index in [0.29, 0.717) is 24.5 Å². The number of carboxylic acids is 1. The van der Waals surface area contributed by atoms with Gasteiger partial charge in [0.2, 0.25) is 0 Å². The molecular weight excluding hydrogens is 344 g/mol. The highest BCUT2D eigenvalue weighted by molar-refractivity contribution is 6.74. The van der Waals surface area contributed by atoms with Crippen LogP contribution in [-0.2, 0) is 17.6 Å². The minimum absolute atomic E-state index is 0.0785. The van der Waals surface area contributed by atoms with Crippen molar-refractivity contribution in [2.75, 3.05) is 0 Å². The first-order valence-corrected chi connectivity index (χ1v) is 11.7. The molecule has 0 fully saturated rings. The molecule has 0 heterocycles. The monoisotopic (exact) mass is 372 g/mol. The van der Waals surface area contributed by atoms with Crippen molar-refractivity contribution in [1.29, 1.82) is 0 Å². The summed E-state index contributed by atoms with van der Waals surface area (Å²) in [5.41, 5.74) is 1.94. The number of benzene rings is 2. The summed E-state index contributed by atoms with van der Waals surface area (Å²) in [7, 11) is -1.94. The zero-order valence-electron chi connectivity index (χ0n) is 16.2. The van der Waals surface area contributed by atoms with Gasteiger partial charge in [-0.2, -0.15) is 0 Å². The largest absolute Gasteiger partial charge is 0.489 e. The van der Waals surface area contributed by atoms with Gasteiger partial charge in [0.15, 0.2) is 8.32 Å². The molecule has 0 radical (unpaired) electrons. The maximum atomic E-state index is 11.7. The van der Waals surface area contributed by atoms with E-state index in [2.05, 4.69) is 33.9 Å². The first kappa shape index (κ1) is 20.2. The molecular formula is C21H28O4Si. The Morgan fingerprint density at radius 2 is 1.69 bits per heavy atom. The summed E-state index contributed by atoms with van der Waals surface area (Å²) >= 11 is 0. The van der Waals surface area contributed by atoms with Crippen LogP contribution in [-0.4, -0.2) is 19.4 Å². The average Bonchev–Trinajstić information content (AvgIpc) is 2.58. The van der Waals surface area contributed by atoms with Gasteiger partial charge in [-0.15, -0.1) is 0 Å². The van der Waals surface area contributed by atoms with Crippen molar-refractivity contribution in [2.45, 2.75) is 52.1 Å². The van der Waals surface area contributed by atoms with Gasteiger partial charge in [-0.3, -0.25) is 0 Å². The highest BCUT2D eigenvalue weighted by atomic mass is 28.4. The summed E-state index contributed by atoms with van der Waals surface area (Å²) in [4.78, 5) is 11.7. The van der Waals surface area contributed by atoms with Crippen LogP contribution in [0.25, 0.3) is 0 Å².